The van der Waals surface area contributed by atoms with Crippen molar-refractivity contribution < 1.29 is 14.7 Å². The molecule has 0 saturated carbocycles. The molecule has 0 radical (unpaired) electrons. The number of pyridine rings is 1. The maximum Gasteiger partial charge on any atom is 0.354 e. The number of benzene rings is 1. The molecule has 20 heavy (non-hydrogen) atoms. The molecule has 0 saturated heterocycles. The summed E-state index contributed by atoms with van der Waals surface area (Å²) < 4.78 is 0. The van der Waals surface area contributed by atoms with E-state index in [0.29, 0.717) is 10.7 Å². The minimum Gasteiger partial charge on any atom is -0.477 e. The maximum absolute atomic E-state index is 11.9. The van der Waals surface area contributed by atoms with Crippen molar-refractivity contribution in [3.63, 3.8) is 0 Å². The number of anilines is 1. The number of amides is 1. The predicted molar refractivity (Wildman–Crippen MR) is 75.3 cm³/mol. The number of carbonyl (C=O) groups is 2. The van der Waals surface area contributed by atoms with Crippen LogP contribution in [0.15, 0.2) is 36.5 Å². The predicted octanol–water partition coefficient (Wildman–Crippen LogP) is 2.99. The van der Waals surface area contributed by atoms with E-state index in [2.05, 4.69) is 10.3 Å². The smallest absolute Gasteiger partial charge is 0.354 e. The van der Waals surface area contributed by atoms with Crippen molar-refractivity contribution in [1.29, 1.82) is 0 Å². The SMILES string of the molecule is Cc1ccc(NC(=O)c2ccc(C(=O)O)nc2)cc1Cl. The molecule has 2 N–H and O–H groups in total. The molecule has 1 aromatic heterocycles. The van der Waals surface area contributed by atoms with Gasteiger partial charge in [0.1, 0.15) is 5.69 Å². The zero-order chi connectivity index (χ0) is 14.7. The number of rotatable bonds is 3. The Bertz CT molecular complexity index is 669. The summed E-state index contributed by atoms with van der Waals surface area (Å²) >= 11 is 5.97. The van der Waals surface area contributed by atoms with Crippen LogP contribution in [0.25, 0.3) is 0 Å². The van der Waals surface area contributed by atoms with Crippen molar-refractivity contribution in [3.8, 4) is 0 Å². The Morgan fingerprint density at radius 3 is 2.55 bits per heavy atom. The normalized spacial score (nSPS) is 10.1. The highest BCUT2D eigenvalue weighted by Crippen LogP contribution is 2.20. The molecule has 1 amide bonds. The minimum absolute atomic E-state index is 0.111. The average molecular weight is 291 g/mol. The summed E-state index contributed by atoms with van der Waals surface area (Å²) in [5, 5.41) is 12.0. The molecule has 2 rings (SSSR count). The number of carboxylic acid groups (broad SMARTS) is 1. The number of aromatic carboxylic acids is 1. The maximum atomic E-state index is 11.9. The largest absolute Gasteiger partial charge is 0.477 e. The molecule has 0 aliphatic heterocycles. The summed E-state index contributed by atoms with van der Waals surface area (Å²) in [6.45, 7) is 1.86. The summed E-state index contributed by atoms with van der Waals surface area (Å²) in [7, 11) is 0. The van der Waals surface area contributed by atoms with Gasteiger partial charge in [-0.05, 0) is 36.8 Å². The standard InChI is InChI=1S/C14H11ClN2O3/c1-8-2-4-10(6-11(8)15)17-13(18)9-3-5-12(14(19)20)16-7-9/h2-7H,1H3,(H,17,18)(H,19,20). The Morgan fingerprint density at radius 2 is 2.00 bits per heavy atom. The zero-order valence-electron chi connectivity index (χ0n) is 10.6. The van der Waals surface area contributed by atoms with Crippen LogP contribution >= 0.6 is 11.6 Å². The summed E-state index contributed by atoms with van der Waals surface area (Å²) in [5.74, 6) is -1.52. The van der Waals surface area contributed by atoms with Gasteiger partial charge in [0.2, 0.25) is 0 Å². The lowest BCUT2D eigenvalue weighted by molar-refractivity contribution is 0.0690. The number of nitrogens with one attached hydrogen (secondary N) is 1. The second-order valence-electron chi connectivity index (χ2n) is 4.16. The summed E-state index contributed by atoms with van der Waals surface area (Å²) in [6.07, 6.45) is 1.22. The first-order valence-electron chi connectivity index (χ1n) is 5.74. The molecule has 0 aliphatic carbocycles. The van der Waals surface area contributed by atoms with Crippen LogP contribution in [0.3, 0.4) is 0 Å². The molecule has 5 nitrogen and oxygen atoms in total. The molecule has 1 heterocycles. The Labute approximate surface area is 120 Å². The number of nitrogens with zero attached hydrogens (tertiary/aromatic N) is 1. The van der Waals surface area contributed by atoms with Gasteiger partial charge in [0.15, 0.2) is 0 Å². The van der Waals surface area contributed by atoms with Crippen LogP contribution in [0.4, 0.5) is 5.69 Å². The van der Waals surface area contributed by atoms with E-state index >= 15 is 0 Å². The lowest BCUT2D eigenvalue weighted by Crippen LogP contribution is -2.13. The molecule has 0 unspecified atom stereocenters. The van der Waals surface area contributed by atoms with Crippen molar-refractivity contribution >= 4 is 29.2 Å². The van der Waals surface area contributed by atoms with Crippen LogP contribution in [-0.4, -0.2) is 22.0 Å². The third-order valence-corrected chi connectivity index (χ3v) is 3.08. The van der Waals surface area contributed by atoms with E-state index in [0.717, 1.165) is 5.56 Å². The molecule has 0 bridgehead atoms. The van der Waals surface area contributed by atoms with Gasteiger partial charge in [-0.15, -0.1) is 0 Å². The lowest BCUT2D eigenvalue weighted by Gasteiger charge is -2.06. The van der Waals surface area contributed by atoms with Gasteiger partial charge in [-0.2, -0.15) is 0 Å². The molecule has 6 heteroatoms. The van der Waals surface area contributed by atoms with E-state index in [1.54, 1.807) is 18.2 Å². The summed E-state index contributed by atoms with van der Waals surface area (Å²) in [4.78, 5) is 26.3. The van der Waals surface area contributed by atoms with E-state index in [9.17, 15) is 9.59 Å². The van der Waals surface area contributed by atoms with E-state index in [-0.39, 0.29) is 17.2 Å². The number of aryl methyl sites for hydroxylation is 1. The molecular formula is C14H11ClN2O3. The second-order valence-corrected chi connectivity index (χ2v) is 4.56. The van der Waals surface area contributed by atoms with Crippen LogP contribution in [0.1, 0.15) is 26.4 Å². The molecule has 102 valence electrons. The lowest BCUT2D eigenvalue weighted by atomic mass is 10.2. The van der Waals surface area contributed by atoms with Crippen molar-refractivity contribution in [2.24, 2.45) is 0 Å². The van der Waals surface area contributed by atoms with Crippen molar-refractivity contribution in [2.75, 3.05) is 5.32 Å². The Kier molecular flexibility index (Phi) is 4.00. The first-order chi connectivity index (χ1) is 9.47. The number of hydrogen-bond acceptors (Lipinski definition) is 3. The highest BCUT2D eigenvalue weighted by molar-refractivity contribution is 6.31. The van der Waals surface area contributed by atoms with Gasteiger partial charge < -0.3 is 10.4 Å². The Balaban J connectivity index is 2.15. The van der Waals surface area contributed by atoms with Gasteiger partial charge in [0.25, 0.3) is 5.91 Å². The van der Waals surface area contributed by atoms with Gasteiger partial charge >= 0.3 is 5.97 Å². The van der Waals surface area contributed by atoms with Crippen molar-refractivity contribution in [3.05, 3.63) is 58.4 Å². The van der Waals surface area contributed by atoms with E-state index in [1.165, 1.54) is 18.3 Å². The van der Waals surface area contributed by atoms with Gasteiger partial charge in [-0.25, -0.2) is 9.78 Å². The third-order valence-electron chi connectivity index (χ3n) is 2.67. The van der Waals surface area contributed by atoms with E-state index in [1.807, 2.05) is 6.92 Å². The molecule has 1 aromatic carbocycles. The van der Waals surface area contributed by atoms with Gasteiger partial charge in [0.05, 0.1) is 5.56 Å². The molecule has 0 spiro atoms. The first kappa shape index (κ1) is 14.0. The van der Waals surface area contributed by atoms with Gasteiger partial charge in [-0.1, -0.05) is 17.7 Å². The Morgan fingerprint density at radius 1 is 1.25 bits per heavy atom. The molecule has 0 fully saturated rings. The Hall–Kier alpha value is -2.40. The number of hydrogen-bond donors (Lipinski definition) is 2. The van der Waals surface area contributed by atoms with Crippen LogP contribution in [-0.2, 0) is 0 Å². The van der Waals surface area contributed by atoms with Gasteiger partial charge in [0, 0.05) is 16.9 Å². The fourth-order valence-electron chi connectivity index (χ4n) is 1.53. The summed E-state index contributed by atoms with van der Waals surface area (Å²) in [6, 6.07) is 7.86. The highest BCUT2D eigenvalue weighted by atomic mass is 35.5. The molecule has 0 aliphatic rings. The number of carboxylic acids is 1. The van der Waals surface area contributed by atoms with Gasteiger partial charge in [-0.3, -0.25) is 4.79 Å². The number of aromatic nitrogens is 1. The molecule has 0 atom stereocenters. The minimum atomic E-state index is -1.14. The van der Waals surface area contributed by atoms with Crippen LogP contribution in [0, 0.1) is 6.92 Å². The monoisotopic (exact) mass is 290 g/mol. The van der Waals surface area contributed by atoms with Crippen LogP contribution in [0.5, 0.6) is 0 Å². The third kappa shape index (κ3) is 3.13. The van der Waals surface area contributed by atoms with Crippen LogP contribution in [0.2, 0.25) is 5.02 Å². The average Bonchev–Trinajstić information content (AvgIpc) is 2.43. The van der Waals surface area contributed by atoms with Crippen molar-refractivity contribution in [2.45, 2.75) is 6.92 Å². The molecular weight excluding hydrogens is 280 g/mol. The zero-order valence-corrected chi connectivity index (χ0v) is 11.3. The first-order valence-corrected chi connectivity index (χ1v) is 6.12. The fourth-order valence-corrected chi connectivity index (χ4v) is 1.71. The second kappa shape index (κ2) is 5.71. The summed E-state index contributed by atoms with van der Waals surface area (Å²) in [5.41, 5.74) is 1.64. The highest BCUT2D eigenvalue weighted by Gasteiger charge is 2.09. The quantitative estimate of drug-likeness (QED) is 0.911. The topological polar surface area (TPSA) is 79.3 Å². The molecule has 2 aromatic rings. The van der Waals surface area contributed by atoms with E-state index < -0.39 is 5.97 Å². The van der Waals surface area contributed by atoms with Crippen LogP contribution < -0.4 is 5.32 Å². The van der Waals surface area contributed by atoms with Crippen molar-refractivity contribution in [1.82, 2.24) is 4.98 Å². The number of carbonyl (C=O) groups excluding carboxylic acids is 1. The van der Waals surface area contributed by atoms with E-state index in [4.69, 9.17) is 16.7 Å². The number of halogens is 1. The fraction of sp³-hybridized carbons (Fsp3) is 0.0714.